The molecule has 0 unspecified atom stereocenters. The van der Waals surface area contributed by atoms with Gasteiger partial charge in [0.2, 0.25) is 0 Å². The van der Waals surface area contributed by atoms with Crippen molar-refractivity contribution < 1.29 is 4.79 Å². The van der Waals surface area contributed by atoms with Gasteiger partial charge in [0, 0.05) is 31.2 Å². The second-order valence-corrected chi connectivity index (χ2v) is 8.78. The summed E-state index contributed by atoms with van der Waals surface area (Å²) in [4.78, 5) is 14.9. The highest BCUT2D eigenvalue weighted by Crippen LogP contribution is 2.58. The summed E-state index contributed by atoms with van der Waals surface area (Å²) in [7, 11) is 0. The number of likely N-dealkylation sites (tertiary alicyclic amines) is 1. The Balaban J connectivity index is 1.24. The quantitative estimate of drug-likeness (QED) is 0.840. The summed E-state index contributed by atoms with van der Waals surface area (Å²) in [5.74, 6) is 3.61. The van der Waals surface area contributed by atoms with Crippen molar-refractivity contribution in [2.24, 2.45) is 23.7 Å². The Bertz CT molecular complexity index is 444. The van der Waals surface area contributed by atoms with Crippen LogP contribution in [0.4, 0.5) is 4.79 Å². The summed E-state index contributed by atoms with van der Waals surface area (Å²) >= 11 is 0. The van der Waals surface area contributed by atoms with Gasteiger partial charge in [-0.3, -0.25) is 0 Å². The number of piperidine rings is 1. The van der Waals surface area contributed by atoms with Gasteiger partial charge >= 0.3 is 6.03 Å². The zero-order valence-electron chi connectivity index (χ0n) is 14.8. The Morgan fingerprint density at radius 2 is 1.70 bits per heavy atom. The van der Waals surface area contributed by atoms with Gasteiger partial charge in [-0.05, 0) is 76.0 Å². The number of carbonyl (C=O) groups is 1. The third-order valence-corrected chi connectivity index (χ3v) is 7.34. The summed E-state index contributed by atoms with van der Waals surface area (Å²) in [5.41, 5.74) is 0. The van der Waals surface area contributed by atoms with Gasteiger partial charge in [-0.2, -0.15) is 0 Å². The Morgan fingerprint density at radius 1 is 0.957 bits per heavy atom. The maximum absolute atomic E-state index is 12.4. The van der Waals surface area contributed by atoms with E-state index in [0.717, 1.165) is 49.6 Å². The molecular weight excluding hydrogens is 286 g/mol. The molecule has 1 heterocycles. The van der Waals surface area contributed by atoms with Crippen molar-refractivity contribution in [2.45, 2.75) is 76.9 Å². The molecule has 0 aromatic heterocycles. The third-order valence-electron chi connectivity index (χ3n) is 7.34. The van der Waals surface area contributed by atoms with Crippen LogP contribution < -0.4 is 10.6 Å². The van der Waals surface area contributed by atoms with Crippen LogP contribution in [0.3, 0.4) is 0 Å². The first-order valence-electron chi connectivity index (χ1n) is 9.93. The summed E-state index contributed by atoms with van der Waals surface area (Å²) in [6.45, 7) is 6.73. The predicted octanol–water partition coefficient (Wildman–Crippen LogP) is 2.98. The van der Waals surface area contributed by atoms with Crippen LogP contribution in [-0.4, -0.2) is 42.1 Å². The lowest BCUT2D eigenvalue weighted by molar-refractivity contribution is 0.158. The van der Waals surface area contributed by atoms with E-state index in [1.54, 1.807) is 0 Å². The topological polar surface area (TPSA) is 44.4 Å². The van der Waals surface area contributed by atoms with E-state index in [1.165, 1.54) is 32.1 Å². The minimum Gasteiger partial charge on any atom is -0.335 e. The van der Waals surface area contributed by atoms with Crippen LogP contribution in [0.5, 0.6) is 0 Å². The highest BCUT2D eigenvalue weighted by Gasteiger charge is 2.54. The van der Waals surface area contributed by atoms with Gasteiger partial charge in [-0.25, -0.2) is 4.79 Å². The Labute approximate surface area is 140 Å². The molecule has 3 saturated carbocycles. The largest absolute Gasteiger partial charge is 0.335 e. The maximum atomic E-state index is 12.4. The molecule has 4 aliphatic rings. The average Bonchev–Trinajstić information content (AvgIpc) is 3.19. The SMILES string of the molecule is CC(C)N1CCC(NC(=O)N[C@@H]2C[C@H]3C[C@H]2[C@H]2CCC[C@H]32)CC1. The van der Waals surface area contributed by atoms with E-state index in [9.17, 15) is 4.79 Å². The number of nitrogens with zero attached hydrogens (tertiary/aromatic N) is 1. The molecule has 0 radical (unpaired) electrons. The molecule has 0 spiro atoms. The number of carbonyl (C=O) groups excluding carboxylic acids is 1. The highest BCUT2D eigenvalue weighted by atomic mass is 16.2. The first-order chi connectivity index (χ1) is 11.1. The fraction of sp³-hybridized carbons (Fsp3) is 0.947. The Hall–Kier alpha value is -0.770. The minimum atomic E-state index is 0.0973. The van der Waals surface area contributed by atoms with Crippen molar-refractivity contribution >= 4 is 6.03 Å². The van der Waals surface area contributed by atoms with Crippen LogP contribution in [0.1, 0.15) is 58.8 Å². The number of amides is 2. The van der Waals surface area contributed by atoms with E-state index in [2.05, 4.69) is 29.4 Å². The second kappa shape index (κ2) is 6.27. The molecule has 3 aliphatic carbocycles. The van der Waals surface area contributed by atoms with Gasteiger partial charge in [0.15, 0.2) is 0 Å². The molecular formula is C19H33N3O. The zero-order valence-corrected chi connectivity index (χ0v) is 14.8. The van der Waals surface area contributed by atoms with Gasteiger partial charge in [-0.15, -0.1) is 0 Å². The molecule has 4 fully saturated rings. The van der Waals surface area contributed by atoms with Crippen molar-refractivity contribution in [3.8, 4) is 0 Å². The zero-order chi connectivity index (χ0) is 16.0. The predicted molar refractivity (Wildman–Crippen MR) is 92.2 cm³/mol. The molecule has 4 rings (SSSR count). The van der Waals surface area contributed by atoms with Crippen molar-refractivity contribution in [3.05, 3.63) is 0 Å². The van der Waals surface area contributed by atoms with Crippen LogP contribution in [0.2, 0.25) is 0 Å². The van der Waals surface area contributed by atoms with Crippen LogP contribution in [0.25, 0.3) is 0 Å². The van der Waals surface area contributed by atoms with E-state index in [-0.39, 0.29) is 6.03 Å². The first-order valence-corrected chi connectivity index (χ1v) is 9.93. The molecule has 2 N–H and O–H groups in total. The molecule has 5 atom stereocenters. The van der Waals surface area contributed by atoms with Crippen molar-refractivity contribution in [3.63, 3.8) is 0 Å². The van der Waals surface area contributed by atoms with Gasteiger partial charge in [0.05, 0.1) is 0 Å². The standard InChI is InChI=1S/C19H33N3O/c1-12(2)22-8-6-14(7-9-22)20-19(23)21-18-11-13-10-17(18)16-5-3-4-15(13)16/h12-18H,3-11H2,1-2H3,(H2,20,21,23)/t13-,15-,16+,17+,18-/m1/s1. The molecule has 4 nitrogen and oxygen atoms in total. The molecule has 130 valence electrons. The molecule has 0 aromatic carbocycles. The van der Waals surface area contributed by atoms with Gasteiger partial charge in [0.25, 0.3) is 0 Å². The number of rotatable bonds is 3. The van der Waals surface area contributed by atoms with Crippen LogP contribution in [0, 0.1) is 23.7 Å². The van der Waals surface area contributed by atoms with Crippen LogP contribution in [-0.2, 0) is 0 Å². The molecule has 1 saturated heterocycles. The third kappa shape index (κ3) is 2.99. The Kier molecular flexibility index (Phi) is 4.29. The van der Waals surface area contributed by atoms with Crippen molar-refractivity contribution in [1.82, 2.24) is 15.5 Å². The van der Waals surface area contributed by atoms with E-state index in [1.807, 2.05) is 0 Å². The number of hydrogen-bond donors (Lipinski definition) is 2. The number of hydrogen-bond acceptors (Lipinski definition) is 2. The molecule has 2 amide bonds. The molecule has 0 aromatic rings. The van der Waals surface area contributed by atoms with E-state index in [4.69, 9.17) is 0 Å². The summed E-state index contributed by atoms with van der Waals surface area (Å²) in [6.07, 6.45) is 9.10. The normalized spacial score (nSPS) is 40.6. The minimum absolute atomic E-state index is 0.0973. The van der Waals surface area contributed by atoms with Gasteiger partial charge in [0.1, 0.15) is 0 Å². The summed E-state index contributed by atoms with van der Waals surface area (Å²) in [6, 6.07) is 1.54. The van der Waals surface area contributed by atoms with E-state index >= 15 is 0 Å². The number of urea groups is 1. The lowest BCUT2D eigenvalue weighted by Crippen LogP contribution is -2.52. The van der Waals surface area contributed by atoms with Crippen LogP contribution in [0.15, 0.2) is 0 Å². The molecule has 4 heteroatoms. The lowest BCUT2D eigenvalue weighted by atomic mass is 9.79. The Morgan fingerprint density at radius 3 is 2.43 bits per heavy atom. The summed E-state index contributed by atoms with van der Waals surface area (Å²) < 4.78 is 0. The highest BCUT2D eigenvalue weighted by molar-refractivity contribution is 5.74. The average molecular weight is 319 g/mol. The van der Waals surface area contributed by atoms with Gasteiger partial charge < -0.3 is 15.5 Å². The maximum Gasteiger partial charge on any atom is 0.315 e. The fourth-order valence-corrected chi connectivity index (χ4v) is 6.19. The first kappa shape index (κ1) is 15.7. The smallest absolute Gasteiger partial charge is 0.315 e. The number of nitrogens with one attached hydrogen (secondary N) is 2. The molecule has 1 aliphatic heterocycles. The lowest BCUT2D eigenvalue weighted by Gasteiger charge is -2.36. The molecule has 2 bridgehead atoms. The van der Waals surface area contributed by atoms with Gasteiger partial charge in [-0.1, -0.05) is 6.42 Å². The monoisotopic (exact) mass is 319 g/mol. The van der Waals surface area contributed by atoms with E-state index < -0.39 is 0 Å². The van der Waals surface area contributed by atoms with Crippen molar-refractivity contribution in [2.75, 3.05) is 13.1 Å². The van der Waals surface area contributed by atoms with Crippen molar-refractivity contribution in [1.29, 1.82) is 0 Å². The summed E-state index contributed by atoms with van der Waals surface area (Å²) in [5, 5.41) is 6.59. The molecule has 23 heavy (non-hydrogen) atoms. The number of fused-ring (bicyclic) bond motifs is 5. The van der Waals surface area contributed by atoms with E-state index in [0.29, 0.717) is 18.1 Å². The van der Waals surface area contributed by atoms with Crippen LogP contribution >= 0.6 is 0 Å². The second-order valence-electron chi connectivity index (χ2n) is 8.78. The fourth-order valence-electron chi connectivity index (χ4n) is 6.19.